The maximum absolute atomic E-state index is 6.03. The fourth-order valence-corrected chi connectivity index (χ4v) is 2.23. The first-order valence-corrected chi connectivity index (χ1v) is 4.95. The second kappa shape index (κ2) is 4.26. The van der Waals surface area contributed by atoms with Gasteiger partial charge in [-0.1, -0.05) is 33.6 Å². The zero-order valence-electron chi connectivity index (χ0n) is 7.07. The van der Waals surface area contributed by atoms with E-state index < -0.39 is 0 Å². The smallest absolute Gasteiger partial charge is 0.0465 e. The molecule has 1 N–H and O–H groups in total. The van der Waals surface area contributed by atoms with Crippen LogP contribution in [0.25, 0.3) is 0 Å². The summed E-state index contributed by atoms with van der Waals surface area (Å²) in [5.74, 6) is 0. The fraction of sp³-hybridized carbons (Fsp3) is 0.333. The Morgan fingerprint density at radius 2 is 2.17 bits per heavy atom. The molecule has 1 nitrogen and oxygen atoms in total. The Kier molecular flexibility index (Phi) is 3.56. The second-order valence-electron chi connectivity index (χ2n) is 2.65. The van der Waals surface area contributed by atoms with E-state index >= 15 is 0 Å². The molecule has 0 aliphatic heterocycles. The van der Waals surface area contributed by atoms with E-state index in [1.807, 2.05) is 25.2 Å². The molecule has 1 atom stereocenters. The molecule has 1 rings (SSSR count). The van der Waals surface area contributed by atoms with Crippen molar-refractivity contribution in [2.24, 2.45) is 0 Å². The van der Waals surface area contributed by atoms with Crippen molar-refractivity contribution in [1.29, 1.82) is 0 Å². The summed E-state index contributed by atoms with van der Waals surface area (Å²) >= 11 is 9.50. The molecule has 1 aromatic rings. The van der Waals surface area contributed by atoms with Gasteiger partial charge in [0.05, 0.1) is 0 Å². The van der Waals surface area contributed by atoms with Gasteiger partial charge in [-0.3, -0.25) is 0 Å². The maximum Gasteiger partial charge on any atom is 0.0465 e. The summed E-state index contributed by atoms with van der Waals surface area (Å²) in [6.07, 6.45) is 0. The topological polar surface area (TPSA) is 12.0 Å². The van der Waals surface area contributed by atoms with Crippen molar-refractivity contribution < 1.29 is 0 Å². The van der Waals surface area contributed by atoms with Crippen LogP contribution in [0.2, 0.25) is 5.02 Å². The summed E-state index contributed by atoms with van der Waals surface area (Å²) in [4.78, 5) is 0. The van der Waals surface area contributed by atoms with Gasteiger partial charge in [0.15, 0.2) is 0 Å². The van der Waals surface area contributed by atoms with Gasteiger partial charge in [0.2, 0.25) is 0 Å². The van der Waals surface area contributed by atoms with Gasteiger partial charge in [-0.05, 0) is 26.1 Å². The molecule has 0 bridgehead atoms. The molecular formula is C9H11BrClN. The molecule has 0 aliphatic rings. The van der Waals surface area contributed by atoms with E-state index in [0.717, 1.165) is 15.1 Å². The Labute approximate surface area is 86.2 Å². The van der Waals surface area contributed by atoms with Crippen LogP contribution in [0.4, 0.5) is 0 Å². The maximum atomic E-state index is 6.03. The van der Waals surface area contributed by atoms with Gasteiger partial charge in [-0.15, -0.1) is 0 Å². The third-order valence-corrected chi connectivity index (χ3v) is 2.89. The minimum Gasteiger partial charge on any atom is -0.313 e. The lowest BCUT2D eigenvalue weighted by molar-refractivity contribution is 0.650. The van der Waals surface area contributed by atoms with Crippen LogP contribution in [0.15, 0.2) is 22.7 Å². The van der Waals surface area contributed by atoms with Crippen molar-refractivity contribution in [3.05, 3.63) is 33.3 Å². The standard InChI is InChI=1S/C9H11BrClN/c1-6(12-2)9-7(10)4-3-5-8(9)11/h3-6,12H,1-2H3. The van der Waals surface area contributed by atoms with Gasteiger partial charge < -0.3 is 5.32 Å². The van der Waals surface area contributed by atoms with E-state index in [9.17, 15) is 0 Å². The van der Waals surface area contributed by atoms with Crippen molar-refractivity contribution in [2.75, 3.05) is 7.05 Å². The van der Waals surface area contributed by atoms with Gasteiger partial charge >= 0.3 is 0 Å². The molecule has 0 fully saturated rings. The van der Waals surface area contributed by atoms with E-state index in [-0.39, 0.29) is 6.04 Å². The predicted octanol–water partition coefficient (Wildman–Crippen LogP) is 3.38. The molecule has 0 saturated carbocycles. The Balaban J connectivity index is 3.12. The molecule has 1 unspecified atom stereocenters. The van der Waals surface area contributed by atoms with Crippen molar-refractivity contribution in [3.8, 4) is 0 Å². The largest absolute Gasteiger partial charge is 0.313 e. The molecule has 0 spiro atoms. The zero-order chi connectivity index (χ0) is 9.14. The highest BCUT2D eigenvalue weighted by Gasteiger charge is 2.10. The highest BCUT2D eigenvalue weighted by atomic mass is 79.9. The molecule has 1 aromatic carbocycles. The molecule has 0 heterocycles. The van der Waals surface area contributed by atoms with Crippen molar-refractivity contribution in [3.63, 3.8) is 0 Å². The minimum atomic E-state index is 0.271. The number of hydrogen-bond acceptors (Lipinski definition) is 1. The van der Waals surface area contributed by atoms with E-state index in [1.165, 1.54) is 0 Å². The molecule has 66 valence electrons. The lowest BCUT2D eigenvalue weighted by Crippen LogP contribution is -2.13. The monoisotopic (exact) mass is 247 g/mol. The predicted molar refractivity (Wildman–Crippen MR) is 56.6 cm³/mol. The van der Waals surface area contributed by atoms with E-state index in [0.29, 0.717) is 0 Å². The third-order valence-electron chi connectivity index (χ3n) is 1.87. The van der Waals surface area contributed by atoms with Crippen LogP contribution in [0, 0.1) is 0 Å². The molecule has 0 aromatic heterocycles. The summed E-state index contributed by atoms with van der Waals surface area (Å²) in [5, 5.41) is 3.95. The van der Waals surface area contributed by atoms with Crippen LogP contribution in [0.5, 0.6) is 0 Å². The average Bonchev–Trinajstić information content (AvgIpc) is 2.03. The number of nitrogens with one attached hydrogen (secondary N) is 1. The lowest BCUT2D eigenvalue weighted by atomic mass is 10.1. The number of rotatable bonds is 2. The zero-order valence-corrected chi connectivity index (χ0v) is 9.41. The first kappa shape index (κ1) is 10.0. The number of hydrogen-bond donors (Lipinski definition) is 1. The second-order valence-corrected chi connectivity index (χ2v) is 3.91. The van der Waals surface area contributed by atoms with E-state index in [2.05, 4.69) is 28.2 Å². The Bertz CT molecular complexity index is 255. The molecule has 0 amide bonds. The van der Waals surface area contributed by atoms with Crippen LogP contribution in [-0.4, -0.2) is 7.05 Å². The minimum absolute atomic E-state index is 0.271. The van der Waals surface area contributed by atoms with Crippen LogP contribution < -0.4 is 5.32 Å². The number of halogens is 2. The molecule has 3 heteroatoms. The summed E-state index contributed by atoms with van der Waals surface area (Å²) in [7, 11) is 1.92. The van der Waals surface area contributed by atoms with Crippen LogP contribution in [0.3, 0.4) is 0 Å². The third kappa shape index (κ3) is 2.00. The Hall–Kier alpha value is -0.0500. The summed E-state index contributed by atoms with van der Waals surface area (Å²) in [5.41, 5.74) is 1.11. The summed E-state index contributed by atoms with van der Waals surface area (Å²) in [6.45, 7) is 2.08. The van der Waals surface area contributed by atoms with Gasteiger partial charge in [-0.25, -0.2) is 0 Å². The van der Waals surface area contributed by atoms with Crippen molar-refractivity contribution >= 4 is 27.5 Å². The van der Waals surface area contributed by atoms with Gasteiger partial charge in [0.1, 0.15) is 0 Å². The van der Waals surface area contributed by atoms with Crippen LogP contribution >= 0.6 is 27.5 Å². The van der Waals surface area contributed by atoms with Gasteiger partial charge in [-0.2, -0.15) is 0 Å². The quantitative estimate of drug-likeness (QED) is 0.846. The van der Waals surface area contributed by atoms with E-state index in [1.54, 1.807) is 0 Å². The lowest BCUT2D eigenvalue weighted by Gasteiger charge is -2.14. The van der Waals surface area contributed by atoms with Crippen LogP contribution in [-0.2, 0) is 0 Å². The highest BCUT2D eigenvalue weighted by molar-refractivity contribution is 9.10. The summed E-state index contributed by atoms with van der Waals surface area (Å²) < 4.78 is 1.05. The van der Waals surface area contributed by atoms with E-state index in [4.69, 9.17) is 11.6 Å². The molecule has 0 radical (unpaired) electrons. The molecule has 0 aliphatic carbocycles. The molecular weight excluding hydrogens is 237 g/mol. The SMILES string of the molecule is CNC(C)c1c(Cl)cccc1Br. The first-order chi connectivity index (χ1) is 5.66. The fourth-order valence-electron chi connectivity index (χ4n) is 1.07. The average molecular weight is 249 g/mol. The molecule has 0 saturated heterocycles. The van der Waals surface area contributed by atoms with Crippen LogP contribution in [0.1, 0.15) is 18.5 Å². The van der Waals surface area contributed by atoms with Crippen molar-refractivity contribution in [1.82, 2.24) is 5.32 Å². The van der Waals surface area contributed by atoms with Gasteiger partial charge in [0, 0.05) is 21.1 Å². The van der Waals surface area contributed by atoms with Gasteiger partial charge in [0.25, 0.3) is 0 Å². The Morgan fingerprint density at radius 3 is 2.67 bits per heavy atom. The Morgan fingerprint density at radius 1 is 1.50 bits per heavy atom. The highest BCUT2D eigenvalue weighted by Crippen LogP contribution is 2.29. The summed E-state index contributed by atoms with van der Waals surface area (Å²) in [6, 6.07) is 6.09. The van der Waals surface area contributed by atoms with Crippen molar-refractivity contribution in [2.45, 2.75) is 13.0 Å². The normalized spacial score (nSPS) is 13.0. The molecule has 12 heavy (non-hydrogen) atoms. The first-order valence-electron chi connectivity index (χ1n) is 3.78. The number of benzene rings is 1.